The molecule has 0 atom stereocenters. The molecule has 1 fully saturated rings. The second-order valence-corrected chi connectivity index (χ2v) is 6.07. The molecule has 0 spiro atoms. The first kappa shape index (κ1) is 14.2. The van der Waals surface area contributed by atoms with E-state index in [-0.39, 0.29) is 12.0 Å². The molecule has 5 nitrogen and oxygen atoms in total. The molecule has 19 heavy (non-hydrogen) atoms. The molecular weight excluding hydrogens is 240 g/mol. The molecule has 0 unspecified atom stereocenters. The lowest BCUT2D eigenvalue weighted by molar-refractivity contribution is 0.188. The summed E-state index contributed by atoms with van der Waals surface area (Å²) in [5.41, 5.74) is 1.26. The second kappa shape index (κ2) is 5.84. The molecule has 1 aromatic heterocycles. The maximum Gasteiger partial charge on any atom is 0.225 e. The van der Waals surface area contributed by atoms with Crippen molar-refractivity contribution in [2.45, 2.75) is 26.2 Å². The van der Waals surface area contributed by atoms with Gasteiger partial charge in [-0.15, -0.1) is 0 Å². The van der Waals surface area contributed by atoms with Crippen LogP contribution in [0.15, 0.2) is 12.4 Å². The van der Waals surface area contributed by atoms with Crippen LogP contribution in [0.25, 0.3) is 0 Å². The molecule has 2 rings (SSSR count). The van der Waals surface area contributed by atoms with Crippen LogP contribution in [0.2, 0.25) is 0 Å². The van der Waals surface area contributed by atoms with Gasteiger partial charge in [0.15, 0.2) is 0 Å². The molecule has 1 saturated heterocycles. The molecular formula is C14H24N4O. The first-order valence-corrected chi connectivity index (χ1v) is 6.91. The number of aromatic nitrogens is 2. The van der Waals surface area contributed by atoms with E-state index in [2.05, 4.69) is 40.5 Å². The van der Waals surface area contributed by atoms with E-state index >= 15 is 0 Å². The fourth-order valence-electron chi connectivity index (χ4n) is 2.18. The monoisotopic (exact) mass is 264 g/mol. The summed E-state index contributed by atoms with van der Waals surface area (Å²) in [4.78, 5) is 13.4. The third-order valence-corrected chi connectivity index (χ3v) is 3.58. The smallest absolute Gasteiger partial charge is 0.225 e. The van der Waals surface area contributed by atoms with Crippen molar-refractivity contribution >= 4 is 5.95 Å². The number of aliphatic hydroxyl groups is 1. The molecule has 106 valence electrons. The van der Waals surface area contributed by atoms with Gasteiger partial charge < -0.3 is 10.0 Å². The minimum absolute atomic E-state index is 0.0956. The first-order valence-electron chi connectivity index (χ1n) is 6.91. The molecule has 1 aliphatic heterocycles. The van der Waals surface area contributed by atoms with Gasteiger partial charge in [0.05, 0.1) is 6.61 Å². The van der Waals surface area contributed by atoms with Gasteiger partial charge in [-0.3, -0.25) is 4.90 Å². The van der Waals surface area contributed by atoms with E-state index in [9.17, 15) is 0 Å². The van der Waals surface area contributed by atoms with E-state index in [1.54, 1.807) is 0 Å². The highest BCUT2D eigenvalue weighted by molar-refractivity contribution is 5.32. The summed E-state index contributed by atoms with van der Waals surface area (Å²) in [6, 6.07) is 0. The number of hydrogen-bond donors (Lipinski definition) is 1. The molecule has 0 aliphatic carbocycles. The minimum atomic E-state index is 0.0956. The van der Waals surface area contributed by atoms with Gasteiger partial charge in [0.2, 0.25) is 5.95 Å². The van der Waals surface area contributed by atoms with Crippen molar-refractivity contribution in [3.63, 3.8) is 0 Å². The van der Waals surface area contributed by atoms with Gasteiger partial charge in [0.1, 0.15) is 0 Å². The Morgan fingerprint density at radius 2 is 1.68 bits per heavy atom. The van der Waals surface area contributed by atoms with Crippen molar-refractivity contribution in [1.82, 2.24) is 14.9 Å². The van der Waals surface area contributed by atoms with Crippen LogP contribution in [-0.4, -0.2) is 59.3 Å². The predicted molar refractivity (Wildman–Crippen MR) is 76.5 cm³/mol. The zero-order valence-corrected chi connectivity index (χ0v) is 12.1. The fraction of sp³-hybridized carbons (Fsp3) is 0.714. The van der Waals surface area contributed by atoms with Crippen LogP contribution in [-0.2, 0) is 5.41 Å². The number of β-amino-alcohol motifs (C(OH)–C–C–N with tert-alkyl or cyclic N) is 1. The van der Waals surface area contributed by atoms with E-state index in [0.717, 1.165) is 44.2 Å². The molecule has 0 saturated carbocycles. The quantitative estimate of drug-likeness (QED) is 0.878. The molecule has 0 aromatic carbocycles. The molecule has 0 amide bonds. The number of rotatable bonds is 3. The average Bonchev–Trinajstić information content (AvgIpc) is 2.39. The van der Waals surface area contributed by atoms with Gasteiger partial charge in [0.25, 0.3) is 0 Å². The Balaban J connectivity index is 1.97. The number of anilines is 1. The van der Waals surface area contributed by atoms with Crippen LogP contribution in [0.5, 0.6) is 0 Å². The highest BCUT2D eigenvalue weighted by atomic mass is 16.3. The molecule has 1 N–H and O–H groups in total. The molecule has 0 bridgehead atoms. The van der Waals surface area contributed by atoms with Crippen LogP contribution >= 0.6 is 0 Å². The van der Waals surface area contributed by atoms with E-state index in [4.69, 9.17) is 5.11 Å². The Hall–Kier alpha value is -1.20. The van der Waals surface area contributed by atoms with Gasteiger partial charge >= 0.3 is 0 Å². The topological polar surface area (TPSA) is 52.5 Å². The average molecular weight is 264 g/mol. The predicted octanol–water partition coefficient (Wildman–Crippen LogP) is 0.888. The lowest BCUT2D eigenvalue weighted by Crippen LogP contribution is -2.47. The van der Waals surface area contributed by atoms with Gasteiger partial charge in [-0.2, -0.15) is 0 Å². The maximum atomic E-state index is 8.93. The zero-order valence-electron chi connectivity index (χ0n) is 12.1. The van der Waals surface area contributed by atoms with Gasteiger partial charge in [-0.1, -0.05) is 20.8 Å². The van der Waals surface area contributed by atoms with Gasteiger partial charge in [-0.05, 0) is 11.0 Å². The van der Waals surface area contributed by atoms with E-state index in [0.29, 0.717) is 0 Å². The van der Waals surface area contributed by atoms with E-state index in [1.165, 1.54) is 0 Å². The van der Waals surface area contributed by atoms with Crippen molar-refractivity contribution in [3.8, 4) is 0 Å². The summed E-state index contributed by atoms with van der Waals surface area (Å²) >= 11 is 0. The highest BCUT2D eigenvalue weighted by Gasteiger charge is 2.20. The fourth-order valence-corrected chi connectivity index (χ4v) is 2.18. The molecule has 1 aliphatic rings. The Kier molecular flexibility index (Phi) is 4.37. The van der Waals surface area contributed by atoms with Crippen molar-refractivity contribution in [1.29, 1.82) is 0 Å². The van der Waals surface area contributed by atoms with Gasteiger partial charge in [-0.25, -0.2) is 9.97 Å². The number of nitrogens with zero attached hydrogens (tertiary/aromatic N) is 4. The Labute approximate surface area is 115 Å². The summed E-state index contributed by atoms with van der Waals surface area (Å²) in [5.74, 6) is 0.816. The summed E-state index contributed by atoms with van der Waals surface area (Å²) < 4.78 is 0. The van der Waals surface area contributed by atoms with Crippen molar-refractivity contribution in [2.75, 3.05) is 44.2 Å². The third kappa shape index (κ3) is 3.64. The SMILES string of the molecule is CC(C)(C)c1cnc(N2CCN(CCO)CC2)nc1. The van der Waals surface area contributed by atoms with Crippen molar-refractivity contribution in [3.05, 3.63) is 18.0 Å². The van der Waals surface area contributed by atoms with Crippen LogP contribution in [0.3, 0.4) is 0 Å². The number of piperazine rings is 1. The first-order chi connectivity index (χ1) is 9.00. The Bertz CT molecular complexity index is 391. The second-order valence-electron chi connectivity index (χ2n) is 6.07. The highest BCUT2D eigenvalue weighted by Crippen LogP contribution is 2.21. The van der Waals surface area contributed by atoms with Crippen molar-refractivity contribution in [2.24, 2.45) is 0 Å². The lowest BCUT2D eigenvalue weighted by Gasteiger charge is -2.34. The maximum absolute atomic E-state index is 8.93. The summed E-state index contributed by atoms with van der Waals surface area (Å²) in [6.45, 7) is 11.3. The third-order valence-electron chi connectivity index (χ3n) is 3.58. The van der Waals surface area contributed by atoms with Gasteiger partial charge in [0, 0.05) is 45.1 Å². The van der Waals surface area contributed by atoms with Crippen LogP contribution in [0.4, 0.5) is 5.95 Å². The summed E-state index contributed by atoms with van der Waals surface area (Å²) in [5, 5.41) is 8.93. The summed E-state index contributed by atoms with van der Waals surface area (Å²) in [7, 11) is 0. The normalized spacial score (nSPS) is 17.8. The molecule has 1 aromatic rings. The number of aliphatic hydroxyl groups excluding tert-OH is 1. The van der Waals surface area contributed by atoms with E-state index < -0.39 is 0 Å². The largest absolute Gasteiger partial charge is 0.395 e. The molecule has 5 heteroatoms. The van der Waals surface area contributed by atoms with E-state index in [1.807, 2.05) is 12.4 Å². The summed E-state index contributed by atoms with van der Waals surface area (Å²) in [6.07, 6.45) is 3.87. The van der Waals surface area contributed by atoms with Crippen molar-refractivity contribution < 1.29 is 5.11 Å². The zero-order chi connectivity index (χ0) is 13.9. The Morgan fingerprint density at radius 1 is 1.11 bits per heavy atom. The van der Waals surface area contributed by atoms with Crippen LogP contribution in [0.1, 0.15) is 26.3 Å². The lowest BCUT2D eigenvalue weighted by atomic mass is 9.89. The number of hydrogen-bond acceptors (Lipinski definition) is 5. The minimum Gasteiger partial charge on any atom is -0.395 e. The van der Waals surface area contributed by atoms with Crippen LogP contribution < -0.4 is 4.90 Å². The molecule has 2 heterocycles. The van der Waals surface area contributed by atoms with Crippen LogP contribution in [0, 0.1) is 0 Å². The molecule has 0 radical (unpaired) electrons. The standard InChI is InChI=1S/C14H24N4O/c1-14(2,3)12-10-15-13(16-11-12)18-6-4-17(5-7-18)8-9-19/h10-11,19H,4-9H2,1-3H3. The Morgan fingerprint density at radius 3 is 2.16 bits per heavy atom.